The number of hydrogen-bond acceptors (Lipinski definition) is 5. The highest BCUT2D eigenvalue weighted by atomic mass is 16.6. The summed E-state index contributed by atoms with van der Waals surface area (Å²) < 4.78 is 5.34. The first-order valence-corrected chi connectivity index (χ1v) is 12.2. The summed E-state index contributed by atoms with van der Waals surface area (Å²) in [6.45, 7) is 12.8. The first-order valence-electron chi connectivity index (χ1n) is 12.2. The first kappa shape index (κ1) is 28.1. The molecule has 4 amide bonds. The van der Waals surface area contributed by atoms with Crippen LogP contribution in [-0.2, 0) is 19.1 Å². The van der Waals surface area contributed by atoms with Gasteiger partial charge in [0.15, 0.2) is 0 Å². The largest absolute Gasteiger partial charge is 0.444 e. The third kappa shape index (κ3) is 8.56. The maximum Gasteiger partial charge on any atom is 0.408 e. The Bertz CT molecular complexity index is 923. The van der Waals surface area contributed by atoms with Gasteiger partial charge in [-0.25, -0.2) is 4.79 Å². The van der Waals surface area contributed by atoms with Crippen molar-refractivity contribution in [3.8, 4) is 0 Å². The minimum absolute atomic E-state index is 0.00255. The van der Waals surface area contributed by atoms with Crippen LogP contribution < -0.4 is 16.4 Å². The second-order valence-electron chi connectivity index (χ2n) is 10.7. The molecular formula is C26H40N4O5. The molecule has 194 valence electrons. The number of hydrogen-bond donors (Lipinski definition) is 3. The van der Waals surface area contributed by atoms with Crippen molar-refractivity contribution in [2.45, 2.75) is 97.5 Å². The Hall–Kier alpha value is -3.10. The summed E-state index contributed by atoms with van der Waals surface area (Å²) in [6.07, 6.45) is -0.147. The van der Waals surface area contributed by atoms with E-state index in [1.165, 1.54) is 0 Å². The van der Waals surface area contributed by atoms with Crippen molar-refractivity contribution in [2.24, 2.45) is 11.7 Å². The molecule has 1 aromatic carbocycles. The summed E-state index contributed by atoms with van der Waals surface area (Å²) in [5.74, 6) is -1.15. The second kappa shape index (κ2) is 11.6. The maximum absolute atomic E-state index is 14.0. The molecule has 4 atom stereocenters. The van der Waals surface area contributed by atoms with E-state index in [0.717, 1.165) is 12.0 Å². The van der Waals surface area contributed by atoms with E-state index >= 15 is 0 Å². The second-order valence-corrected chi connectivity index (χ2v) is 10.7. The van der Waals surface area contributed by atoms with E-state index in [1.807, 2.05) is 52.0 Å². The Morgan fingerprint density at radius 1 is 1.11 bits per heavy atom. The number of ether oxygens (including phenoxy) is 1. The molecule has 0 aliphatic heterocycles. The van der Waals surface area contributed by atoms with Crippen LogP contribution in [0.5, 0.6) is 0 Å². The van der Waals surface area contributed by atoms with Crippen LogP contribution in [0.1, 0.15) is 78.0 Å². The van der Waals surface area contributed by atoms with Crippen molar-refractivity contribution in [1.82, 2.24) is 15.5 Å². The van der Waals surface area contributed by atoms with Crippen LogP contribution >= 0.6 is 0 Å². The van der Waals surface area contributed by atoms with Gasteiger partial charge in [0.2, 0.25) is 17.7 Å². The van der Waals surface area contributed by atoms with Gasteiger partial charge < -0.3 is 26.0 Å². The Labute approximate surface area is 208 Å². The van der Waals surface area contributed by atoms with Crippen molar-refractivity contribution in [1.29, 1.82) is 0 Å². The van der Waals surface area contributed by atoms with Crippen molar-refractivity contribution >= 4 is 23.8 Å². The molecule has 35 heavy (non-hydrogen) atoms. The fraction of sp³-hybridized carbons (Fsp3) is 0.615. The molecule has 2 rings (SSSR count). The lowest BCUT2D eigenvalue weighted by Crippen LogP contribution is -2.54. The van der Waals surface area contributed by atoms with E-state index in [4.69, 9.17) is 10.5 Å². The molecule has 1 aromatic rings. The van der Waals surface area contributed by atoms with Crippen LogP contribution in [0, 0.1) is 12.8 Å². The number of aryl methyl sites for hydroxylation is 1. The molecule has 0 bridgehead atoms. The van der Waals surface area contributed by atoms with Crippen LogP contribution in [-0.4, -0.2) is 52.4 Å². The van der Waals surface area contributed by atoms with Gasteiger partial charge in [-0.1, -0.05) is 36.8 Å². The smallest absolute Gasteiger partial charge is 0.408 e. The number of carbonyl (C=O) groups is 4. The number of amides is 4. The van der Waals surface area contributed by atoms with Crippen LogP contribution in [0.25, 0.3) is 0 Å². The number of carbonyl (C=O) groups excluding carboxylic acids is 4. The normalized spacial score (nSPS) is 18.9. The van der Waals surface area contributed by atoms with E-state index in [0.29, 0.717) is 5.56 Å². The van der Waals surface area contributed by atoms with Gasteiger partial charge in [0.05, 0.1) is 0 Å². The summed E-state index contributed by atoms with van der Waals surface area (Å²) in [4.78, 5) is 53.0. The van der Waals surface area contributed by atoms with Gasteiger partial charge in [-0.3, -0.25) is 14.4 Å². The van der Waals surface area contributed by atoms with Gasteiger partial charge in [-0.15, -0.1) is 0 Å². The van der Waals surface area contributed by atoms with E-state index in [-0.39, 0.29) is 36.8 Å². The third-order valence-electron chi connectivity index (χ3n) is 5.70. The van der Waals surface area contributed by atoms with Gasteiger partial charge in [-0.2, -0.15) is 0 Å². The van der Waals surface area contributed by atoms with Crippen molar-refractivity contribution < 1.29 is 23.9 Å². The van der Waals surface area contributed by atoms with Gasteiger partial charge in [0, 0.05) is 18.5 Å². The highest BCUT2D eigenvalue weighted by Gasteiger charge is 2.48. The quantitative estimate of drug-likeness (QED) is 0.466. The Kier molecular flexibility index (Phi) is 9.29. The molecule has 9 heteroatoms. The molecule has 4 N–H and O–H groups in total. The molecular weight excluding hydrogens is 448 g/mol. The minimum Gasteiger partial charge on any atom is -0.444 e. The third-order valence-corrected chi connectivity index (χ3v) is 5.70. The van der Waals surface area contributed by atoms with Gasteiger partial charge in [0.1, 0.15) is 17.7 Å². The van der Waals surface area contributed by atoms with Gasteiger partial charge >= 0.3 is 6.09 Å². The molecule has 0 radical (unpaired) electrons. The fourth-order valence-corrected chi connectivity index (χ4v) is 3.90. The lowest BCUT2D eigenvalue weighted by molar-refractivity contribution is -0.144. The fourth-order valence-electron chi connectivity index (χ4n) is 3.90. The van der Waals surface area contributed by atoms with Crippen LogP contribution in [0.15, 0.2) is 24.3 Å². The number of nitrogens with zero attached hydrogens (tertiary/aromatic N) is 1. The summed E-state index contributed by atoms with van der Waals surface area (Å²) in [6, 6.07) is 5.20. The average Bonchev–Trinajstić information content (AvgIpc) is 3.43. The molecule has 0 saturated heterocycles. The number of nitrogens with one attached hydrogen (secondary N) is 2. The van der Waals surface area contributed by atoms with E-state index in [2.05, 4.69) is 10.6 Å². The van der Waals surface area contributed by atoms with E-state index in [9.17, 15) is 19.2 Å². The lowest BCUT2D eigenvalue weighted by Gasteiger charge is -2.35. The van der Waals surface area contributed by atoms with Crippen LogP contribution in [0.4, 0.5) is 4.79 Å². The zero-order chi connectivity index (χ0) is 26.5. The minimum atomic E-state index is -1.08. The zero-order valence-corrected chi connectivity index (χ0v) is 21.9. The maximum atomic E-state index is 14.0. The zero-order valence-electron chi connectivity index (χ0n) is 21.9. The Balaban J connectivity index is 2.47. The number of primary amides is 1. The number of rotatable bonds is 10. The topological polar surface area (TPSA) is 131 Å². The Morgan fingerprint density at radius 3 is 2.14 bits per heavy atom. The van der Waals surface area contributed by atoms with Gasteiger partial charge in [-0.05, 0) is 65.9 Å². The molecule has 0 aromatic heterocycles. The molecule has 1 fully saturated rings. The van der Waals surface area contributed by atoms with E-state index in [1.54, 1.807) is 25.7 Å². The van der Waals surface area contributed by atoms with Crippen molar-refractivity contribution in [3.63, 3.8) is 0 Å². The summed E-state index contributed by atoms with van der Waals surface area (Å²) >= 11 is 0. The average molecular weight is 489 g/mol. The Morgan fingerprint density at radius 2 is 1.69 bits per heavy atom. The molecule has 9 nitrogen and oxygen atoms in total. The van der Waals surface area contributed by atoms with Crippen molar-refractivity contribution in [2.75, 3.05) is 0 Å². The predicted molar refractivity (Wildman–Crippen MR) is 133 cm³/mol. The van der Waals surface area contributed by atoms with Gasteiger partial charge in [0.25, 0.3) is 0 Å². The monoisotopic (exact) mass is 488 g/mol. The molecule has 1 aliphatic rings. The standard InChI is InChI=1S/C26H40N4O5/c1-15(2)28-23(32)22(18-10-8-16(3)9-11-18)30(20-14-17(20)4)24(33)19(12-13-21(27)31)29-25(34)35-26(5,6)7/h8-11,15,17,19-20,22H,12-14H2,1-7H3,(H2,27,31)(H,28,32)(H,29,34). The number of nitrogens with two attached hydrogens (primary N) is 1. The SMILES string of the molecule is Cc1ccc(C(C(=O)NC(C)C)N(C(=O)C(CCC(N)=O)NC(=O)OC(C)(C)C)C2CC2C)cc1. The summed E-state index contributed by atoms with van der Waals surface area (Å²) in [5, 5.41) is 5.54. The number of alkyl carbamates (subject to hydrolysis) is 1. The highest BCUT2D eigenvalue weighted by Crippen LogP contribution is 2.41. The molecule has 1 aliphatic carbocycles. The molecule has 4 unspecified atom stereocenters. The van der Waals surface area contributed by atoms with Crippen LogP contribution in [0.2, 0.25) is 0 Å². The van der Waals surface area contributed by atoms with E-state index < -0.39 is 35.6 Å². The summed E-state index contributed by atoms with van der Waals surface area (Å²) in [5.41, 5.74) is 6.27. The number of benzene rings is 1. The molecule has 0 spiro atoms. The first-order chi connectivity index (χ1) is 16.2. The molecule has 1 saturated carbocycles. The van der Waals surface area contributed by atoms with Crippen LogP contribution in [0.3, 0.4) is 0 Å². The van der Waals surface area contributed by atoms with Crippen molar-refractivity contribution in [3.05, 3.63) is 35.4 Å². The molecule has 0 heterocycles. The lowest BCUT2D eigenvalue weighted by atomic mass is 10.00. The highest BCUT2D eigenvalue weighted by molar-refractivity contribution is 5.93. The summed E-state index contributed by atoms with van der Waals surface area (Å²) in [7, 11) is 0. The predicted octanol–water partition coefficient (Wildman–Crippen LogP) is 2.96.